The summed E-state index contributed by atoms with van der Waals surface area (Å²) in [6.07, 6.45) is 11.5. The van der Waals surface area contributed by atoms with Gasteiger partial charge in [0.15, 0.2) is 0 Å². The van der Waals surface area contributed by atoms with E-state index in [2.05, 4.69) is 22.1 Å². The zero-order valence-electron chi connectivity index (χ0n) is 16.5. The molecule has 27 heavy (non-hydrogen) atoms. The lowest BCUT2D eigenvalue weighted by Crippen LogP contribution is -2.31. The fourth-order valence-corrected chi connectivity index (χ4v) is 4.20. The minimum atomic E-state index is 0.132. The van der Waals surface area contributed by atoms with Gasteiger partial charge in [0.2, 0.25) is 5.88 Å². The Morgan fingerprint density at radius 3 is 2.85 bits per heavy atom. The lowest BCUT2D eigenvalue weighted by molar-refractivity contribution is 0.211. The van der Waals surface area contributed by atoms with E-state index in [-0.39, 0.29) is 6.10 Å². The van der Waals surface area contributed by atoms with Gasteiger partial charge in [0.05, 0.1) is 6.10 Å². The van der Waals surface area contributed by atoms with Crippen LogP contribution in [0.1, 0.15) is 74.5 Å². The molecule has 2 aromatic heterocycles. The van der Waals surface area contributed by atoms with Crippen LogP contribution in [-0.4, -0.2) is 32.5 Å². The highest BCUT2D eigenvalue weighted by atomic mass is 16.5. The first-order valence-electron chi connectivity index (χ1n) is 10.4. The standard InChI is InChI=1S/C22H30N4O/c1-16(2)27-22-18(9-6-11-23-22)14-26-12-10-20-19(15-26)13-24-21(25-20)17-7-4-3-5-8-17/h6,9,11,13,16-17H,3-5,7-8,10,12,14-15H2,1-2H3. The minimum Gasteiger partial charge on any atom is -0.475 e. The van der Waals surface area contributed by atoms with Crippen molar-refractivity contribution in [3.05, 3.63) is 47.2 Å². The molecule has 0 radical (unpaired) electrons. The Labute approximate surface area is 162 Å². The van der Waals surface area contributed by atoms with Crippen molar-refractivity contribution in [3.63, 3.8) is 0 Å². The van der Waals surface area contributed by atoms with Crippen LogP contribution in [0.2, 0.25) is 0 Å². The highest BCUT2D eigenvalue weighted by Crippen LogP contribution is 2.31. The molecule has 0 bridgehead atoms. The van der Waals surface area contributed by atoms with E-state index in [4.69, 9.17) is 14.7 Å². The van der Waals surface area contributed by atoms with Gasteiger partial charge in [-0.15, -0.1) is 0 Å². The molecule has 1 aliphatic carbocycles. The smallest absolute Gasteiger partial charge is 0.218 e. The first-order chi connectivity index (χ1) is 13.2. The van der Waals surface area contributed by atoms with Gasteiger partial charge in [-0.3, -0.25) is 4.90 Å². The van der Waals surface area contributed by atoms with Crippen molar-refractivity contribution >= 4 is 0 Å². The van der Waals surface area contributed by atoms with Crippen LogP contribution in [0.3, 0.4) is 0 Å². The summed E-state index contributed by atoms with van der Waals surface area (Å²) in [5.74, 6) is 2.41. The van der Waals surface area contributed by atoms with E-state index in [0.29, 0.717) is 5.92 Å². The van der Waals surface area contributed by atoms with Gasteiger partial charge in [0.25, 0.3) is 0 Å². The monoisotopic (exact) mass is 366 g/mol. The van der Waals surface area contributed by atoms with E-state index in [1.807, 2.05) is 19.9 Å². The Morgan fingerprint density at radius 2 is 2.04 bits per heavy atom. The van der Waals surface area contributed by atoms with Crippen LogP contribution in [0.4, 0.5) is 0 Å². The summed E-state index contributed by atoms with van der Waals surface area (Å²) in [4.78, 5) is 16.6. The normalized spacial score (nSPS) is 18.5. The minimum absolute atomic E-state index is 0.132. The molecule has 144 valence electrons. The molecule has 0 saturated heterocycles. The van der Waals surface area contributed by atoms with Crippen LogP contribution in [0.15, 0.2) is 24.5 Å². The summed E-state index contributed by atoms with van der Waals surface area (Å²) < 4.78 is 5.88. The Bertz CT molecular complexity index is 771. The zero-order valence-corrected chi connectivity index (χ0v) is 16.5. The van der Waals surface area contributed by atoms with Crippen LogP contribution in [-0.2, 0) is 19.5 Å². The molecule has 5 heteroatoms. The van der Waals surface area contributed by atoms with E-state index in [1.54, 1.807) is 6.20 Å². The molecular weight excluding hydrogens is 336 g/mol. The van der Waals surface area contributed by atoms with Gasteiger partial charge in [0.1, 0.15) is 5.82 Å². The molecule has 1 aliphatic heterocycles. The van der Waals surface area contributed by atoms with Crippen molar-refractivity contribution in [2.75, 3.05) is 6.54 Å². The van der Waals surface area contributed by atoms with Crippen LogP contribution < -0.4 is 4.74 Å². The summed E-state index contributed by atoms with van der Waals surface area (Å²) in [6.45, 7) is 6.84. The van der Waals surface area contributed by atoms with Crippen molar-refractivity contribution < 1.29 is 4.74 Å². The third kappa shape index (κ3) is 4.46. The highest BCUT2D eigenvalue weighted by molar-refractivity contribution is 5.27. The van der Waals surface area contributed by atoms with Crippen LogP contribution in [0.5, 0.6) is 5.88 Å². The predicted octanol–water partition coefficient (Wildman–Crippen LogP) is 4.26. The van der Waals surface area contributed by atoms with Gasteiger partial charge in [0, 0.05) is 61.2 Å². The van der Waals surface area contributed by atoms with Crippen LogP contribution in [0.25, 0.3) is 0 Å². The number of rotatable bonds is 5. The Hall–Kier alpha value is -2.01. The molecule has 1 fully saturated rings. The number of fused-ring (bicyclic) bond motifs is 1. The molecule has 0 aromatic carbocycles. The van der Waals surface area contributed by atoms with Gasteiger partial charge >= 0.3 is 0 Å². The number of hydrogen-bond acceptors (Lipinski definition) is 5. The number of pyridine rings is 1. The predicted molar refractivity (Wildman–Crippen MR) is 106 cm³/mol. The lowest BCUT2D eigenvalue weighted by atomic mass is 9.88. The Balaban J connectivity index is 1.44. The molecule has 0 amide bonds. The first kappa shape index (κ1) is 18.4. The maximum absolute atomic E-state index is 5.88. The second kappa shape index (κ2) is 8.34. The van der Waals surface area contributed by atoms with E-state index in [1.165, 1.54) is 43.4 Å². The second-order valence-corrected chi connectivity index (χ2v) is 8.13. The summed E-state index contributed by atoms with van der Waals surface area (Å²) in [5.41, 5.74) is 3.68. The fraction of sp³-hybridized carbons (Fsp3) is 0.591. The van der Waals surface area contributed by atoms with Gasteiger partial charge in [-0.25, -0.2) is 15.0 Å². The molecule has 0 unspecified atom stereocenters. The van der Waals surface area contributed by atoms with Crippen LogP contribution >= 0.6 is 0 Å². The van der Waals surface area contributed by atoms with Crippen LogP contribution in [0, 0.1) is 0 Å². The summed E-state index contributed by atoms with van der Waals surface area (Å²) >= 11 is 0. The molecule has 2 aromatic rings. The lowest BCUT2D eigenvalue weighted by Gasteiger charge is -2.29. The molecule has 0 spiro atoms. The summed E-state index contributed by atoms with van der Waals surface area (Å²) in [7, 11) is 0. The first-order valence-corrected chi connectivity index (χ1v) is 10.4. The van der Waals surface area contributed by atoms with Crippen molar-refractivity contribution in [2.45, 2.75) is 77.5 Å². The average molecular weight is 367 g/mol. The van der Waals surface area contributed by atoms with Gasteiger partial charge in [-0.2, -0.15) is 0 Å². The van der Waals surface area contributed by atoms with Crippen molar-refractivity contribution in [2.24, 2.45) is 0 Å². The molecule has 0 N–H and O–H groups in total. The summed E-state index contributed by atoms with van der Waals surface area (Å²) in [5, 5.41) is 0. The van der Waals surface area contributed by atoms with Crippen molar-refractivity contribution in [1.82, 2.24) is 19.9 Å². The molecule has 2 aliphatic rings. The highest BCUT2D eigenvalue weighted by Gasteiger charge is 2.23. The molecule has 5 nitrogen and oxygen atoms in total. The van der Waals surface area contributed by atoms with E-state index in [0.717, 1.165) is 43.3 Å². The van der Waals surface area contributed by atoms with E-state index >= 15 is 0 Å². The number of aromatic nitrogens is 3. The van der Waals surface area contributed by atoms with Crippen molar-refractivity contribution in [1.29, 1.82) is 0 Å². The third-order valence-corrected chi connectivity index (χ3v) is 5.59. The van der Waals surface area contributed by atoms with Gasteiger partial charge < -0.3 is 4.74 Å². The maximum atomic E-state index is 5.88. The Kier molecular flexibility index (Phi) is 5.67. The zero-order chi connectivity index (χ0) is 18.6. The second-order valence-electron chi connectivity index (χ2n) is 8.13. The molecule has 4 rings (SSSR count). The quantitative estimate of drug-likeness (QED) is 0.791. The average Bonchev–Trinajstić information content (AvgIpc) is 2.69. The van der Waals surface area contributed by atoms with E-state index < -0.39 is 0 Å². The Morgan fingerprint density at radius 1 is 1.19 bits per heavy atom. The largest absolute Gasteiger partial charge is 0.475 e. The third-order valence-electron chi connectivity index (χ3n) is 5.59. The maximum Gasteiger partial charge on any atom is 0.218 e. The number of ether oxygens (including phenoxy) is 1. The topological polar surface area (TPSA) is 51.1 Å². The SMILES string of the molecule is CC(C)Oc1ncccc1CN1CCc2nc(C3CCCCC3)ncc2C1. The van der Waals surface area contributed by atoms with Gasteiger partial charge in [-0.1, -0.05) is 25.3 Å². The molecule has 1 saturated carbocycles. The van der Waals surface area contributed by atoms with E-state index in [9.17, 15) is 0 Å². The fourth-order valence-electron chi connectivity index (χ4n) is 4.20. The van der Waals surface area contributed by atoms with Gasteiger partial charge in [-0.05, 0) is 32.8 Å². The number of hydrogen-bond donors (Lipinski definition) is 0. The number of nitrogens with zero attached hydrogens (tertiary/aromatic N) is 4. The molecule has 0 atom stereocenters. The molecular formula is C22H30N4O. The summed E-state index contributed by atoms with van der Waals surface area (Å²) in [6, 6.07) is 4.10. The van der Waals surface area contributed by atoms with Crippen molar-refractivity contribution in [3.8, 4) is 5.88 Å². The molecule has 3 heterocycles.